The summed E-state index contributed by atoms with van der Waals surface area (Å²) in [5.41, 5.74) is 1.13. The van der Waals surface area contributed by atoms with Gasteiger partial charge in [0.05, 0.1) is 23.6 Å². The molecule has 4 unspecified atom stereocenters. The molecule has 3 heterocycles. The normalized spacial score (nSPS) is 26.7. The second-order valence-electron chi connectivity index (χ2n) is 7.36. The molecular weight excluding hydrogens is 448 g/mol. The van der Waals surface area contributed by atoms with E-state index in [2.05, 4.69) is 26.3 Å². The van der Waals surface area contributed by atoms with Gasteiger partial charge in [0.2, 0.25) is 17.7 Å². The highest BCUT2D eigenvalue weighted by atomic mass is 79.9. The quantitative estimate of drug-likeness (QED) is 0.707. The Morgan fingerprint density at radius 2 is 1.67 bits per heavy atom. The number of hydrogen-bond donors (Lipinski definition) is 1. The number of amides is 3. The van der Waals surface area contributed by atoms with Gasteiger partial charge in [-0.1, -0.05) is 40.2 Å². The van der Waals surface area contributed by atoms with Gasteiger partial charge < -0.3 is 5.32 Å². The second-order valence-corrected chi connectivity index (χ2v) is 8.28. The summed E-state index contributed by atoms with van der Waals surface area (Å²) in [4.78, 5) is 41.1. The Morgan fingerprint density at radius 1 is 0.967 bits per heavy atom. The summed E-state index contributed by atoms with van der Waals surface area (Å²) in [6.07, 6.45) is 5.15. The van der Waals surface area contributed by atoms with Gasteiger partial charge in [-0.05, 0) is 42.5 Å². The van der Waals surface area contributed by atoms with E-state index in [4.69, 9.17) is 0 Å². The zero-order valence-corrected chi connectivity index (χ0v) is 17.3. The summed E-state index contributed by atoms with van der Waals surface area (Å²) in [6, 6.07) is 14.7. The van der Waals surface area contributed by atoms with Crippen molar-refractivity contribution in [1.82, 2.24) is 5.01 Å². The summed E-state index contributed by atoms with van der Waals surface area (Å²) >= 11 is 3.37. The first-order chi connectivity index (χ1) is 14.6. The fourth-order valence-electron chi connectivity index (χ4n) is 4.42. The lowest BCUT2D eigenvalue weighted by Gasteiger charge is -2.30. The molecule has 0 spiro atoms. The molecule has 3 aliphatic heterocycles. The maximum absolute atomic E-state index is 13.4. The lowest BCUT2D eigenvalue weighted by atomic mass is 9.88. The van der Waals surface area contributed by atoms with E-state index >= 15 is 0 Å². The van der Waals surface area contributed by atoms with E-state index in [0.29, 0.717) is 11.4 Å². The van der Waals surface area contributed by atoms with Crippen LogP contribution >= 0.6 is 15.9 Å². The third-order valence-corrected chi connectivity index (χ3v) is 6.21. The van der Waals surface area contributed by atoms with E-state index in [1.807, 2.05) is 24.3 Å². The van der Waals surface area contributed by atoms with Crippen LogP contribution in [-0.2, 0) is 14.4 Å². The van der Waals surface area contributed by atoms with Crippen molar-refractivity contribution in [2.24, 2.45) is 16.9 Å². The lowest BCUT2D eigenvalue weighted by Crippen LogP contribution is -2.47. The third-order valence-electron chi connectivity index (χ3n) is 5.69. The van der Waals surface area contributed by atoms with Crippen molar-refractivity contribution in [3.05, 3.63) is 71.2 Å². The molecule has 0 aromatic heterocycles. The van der Waals surface area contributed by atoms with E-state index in [9.17, 15) is 14.4 Å². The maximum Gasteiger partial charge on any atom is 0.249 e. The molecule has 150 valence electrons. The predicted molar refractivity (Wildman–Crippen MR) is 116 cm³/mol. The van der Waals surface area contributed by atoms with Crippen LogP contribution in [0.1, 0.15) is 0 Å². The van der Waals surface area contributed by atoms with Crippen LogP contribution < -0.4 is 10.2 Å². The van der Waals surface area contributed by atoms with Crippen LogP contribution in [0, 0.1) is 11.8 Å². The largest absolute Gasteiger partial charge is 0.324 e. The number of halogens is 1. The number of rotatable bonds is 3. The zero-order valence-electron chi connectivity index (χ0n) is 15.7. The summed E-state index contributed by atoms with van der Waals surface area (Å²) in [6.45, 7) is 0. The second kappa shape index (κ2) is 7.21. The summed E-state index contributed by atoms with van der Waals surface area (Å²) in [5.74, 6) is -2.52. The number of para-hydroxylation sites is 1. The Morgan fingerprint density at radius 3 is 2.40 bits per heavy atom. The summed E-state index contributed by atoms with van der Waals surface area (Å²) < 4.78 is 0.849. The standard InChI is InChI=1S/C22H17BrN4O3/c23-13-8-10-15(11-9-13)26-21(29)17-16-7-4-12-24-27(16)19(18(17)22(26)30)20(28)25-14-5-2-1-3-6-14/h1-12,16-19H,(H,25,28). The molecule has 0 aliphatic carbocycles. The van der Waals surface area contributed by atoms with Crippen molar-refractivity contribution in [1.29, 1.82) is 0 Å². The molecule has 5 rings (SSSR count). The number of anilines is 2. The molecule has 2 aromatic carbocycles. The molecule has 7 nitrogen and oxygen atoms in total. The lowest BCUT2D eigenvalue weighted by molar-refractivity contribution is -0.129. The SMILES string of the molecule is O=C(Nc1ccccc1)C1C2C(=O)N(c3ccc(Br)cc3)C(=O)C2C2C=CC=NN21. The number of fused-ring (bicyclic) bond motifs is 3. The summed E-state index contributed by atoms with van der Waals surface area (Å²) in [7, 11) is 0. The van der Waals surface area contributed by atoms with Gasteiger partial charge in [0.15, 0.2) is 0 Å². The van der Waals surface area contributed by atoms with E-state index in [0.717, 1.165) is 4.47 Å². The minimum atomic E-state index is -0.877. The predicted octanol–water partition coefficient (Wildman–Crippen LogP) is 2.80. The van der Waals surface area contributed by atoms with E-state index in [1.165, 1.54) is 4.90 Å². The Bertz CT molecular complexity index is 1080. The van der Waals surface area contributed by atoms with Gasteiger partial charge in [0, 0.05) is 16.4 Å². The van der Waals surface area contributed by atoms with Crippen LogP contribution in [0.3, 0.4) is 0 Å². The van der Waals surface area contributed by atoms with Gasteiger partial charge in [-0.2, -0.15) is 5.10 Å². The van der Waals surface area contributed by atoms with Crippen LogP contribution in [-0.4, -0.2) is 41.0 Å². The fraction of sp³-hybridized carbons (Fsp3) is 0.182. The van der Waals surface area contributed by atoms with Gasteiger partial charge in [-0.15, -0.1) is 0 Å². The van der Waals surface area contributed by atoms with Crippen molar-refractivity contribution in [3.63, 3.8) is 0 Å². The van der Waals surface area contributed by atoms with Crippen molar-refractivity contribution in [3.8, 4) is 0 Å². The van der Waals surface area contributed by atoms with Crippen molar-refractivity contribution in [2.45, 2.75) is 12.1 Å². The molecule has 0 radical (unpaired) electrons. The monoisotopic (exact) mass is 464 g/mol. The third kappa shape index (κ3) is 2.87. The van der Waals surface area contributed by atoms with Crippen molar-refractivity contribution in [2.75, 3.05) is 10.2 Å². The molecule has 3 amide bonds. The molecule has 4 atom stereocenters. The van der Waals surface area contributed by atoms with Crippen LogP contribution in [0.15, 0.2) is 76.3 Å². The number of imide groups is 1. The molecule has 2 aromatic rings. The van der Waals surface area contributed by atoms with E-state index in [-0.39, 0.29) is 17.7 Å². The molecule has 30 heavy (non-hydrogen) atoms. The number of carbonyl (C=O) groups excluding carboxylic acids is 3. The first-order valence-corrected chi connectivity index (χ1v) is 10.3. The Labute approximate surface area is 181 Å². The number of hydrogen-bond acceptors (Lipinski definition) is 5. The zero-order chi connectivity index (χ0) is 20.8. The number of allylic oxidation sites excluding steroid dienone is 1. The minimum absolute atomic E-state index is 0.306. The Hall–Kier alpha value is -3.26. The van der Waals surface area contributed by atoms with Gasteiger partial charge in [0.1, 0.15) is 6.04 Å². The molecule has 2 saturated heterocycles. The summed E-state index contributed by atoms with van der Waals surface area (Å²) in [5, 5.41) is 8.77. The first kappa shape index (κ1) is 18.7. The van der Waals surface area contributed by atoms with Crippen LogP contribution in [0.5, 0.6) is 0 Å². The topological polar surface area (TPSA) is 82.1 Å². The Kier molecular flexibility index (Phi) is 4.51. The van der Waals surface area contributed by atoms with Crippen molar-refractivity contribution >= 4 is 51.2 Å². The molecule has 8 heteroatoms. The molecule has 0 bridgehead atoms. The molecule has 3 aliphatic rings. The van der Waals surface area contributed by atoms with Gasteiger partial charge in [-0.3, -0.25) is 19.4 Å². The van der Waals surface area contributed by atoms with Gasteiger partial charge in [0.25, 0.3) is 0 Å². The van der Waals surface area contributed by atoms with E-state index < -0.39 is 23.9 Å². The molecular formula is C22H17BrN4O3. The number of carbonyl (C=O) groups is 3. The molecule has 0 saturated carbocycles. The highest BCUT2D eigenvalue weighted by molar-refractivity contribution is 9.10. The molecule has 1 N–H and O–H groups in total. The van der Waals surface area contributed by atoms with Crippen LogP contribution in [0.4, 0.5) is 11.4 Å². The van der Waals surface area contributed by atoms with Crippen LogP contribution in [0.2, 0.25) is 0 Å². The van der Waals surface area contributed by atoms with Gasteiger partial charge in [-0.25, -0.2) is 4.90 Å². The number of nitrogens with zero attached hydrogens (tertiary/aromatic N) is 3. The number of nitrogens with one attached hydrogen (secondary N) is 1. The number of hydrazone groups is 1. The maximum atomic E-state index is 13.4. The average molecular weight is 465 g/mol. The smallest absolute Gasteiger partial charge is 0.249 e. The first-order valence-electron chi connectivity index (χ1n) is 9.54. The van der Waals surface area contributed by atoms with E-state index in [1.54, 1.807) is 53.7 Å². The highest BCUT2D eigenvalue weighted by Crippen LogP contribution is 2.45. The fourth-order valence-corrected chi connectivity index (χ4v) is 4.68. The minimum Gasteiger partial charge on any atom is -0.324 e. The van der Waals surface area contributed by atoms with Crippen molar-refractivity contribution < 1.29 is 14.4 Å². The number of benzene rings is 2. The molecule has 2 fully saturated rings. The van der Waals surface area contributed by atoms with Gasteiger partial charge >= 0.3 is 0 Å². The highest BCUT2D eigenvalue weighted by Gasteiger charge is 2.64. The van der Waals surface area contributed by atoms with Crippen LogP contribution in [0.25, 0.3) is 0 Å². The Balaban J connectivity index is 1.52. The average Bonchev–Trinajstić information content (AvgIpc) is 3.23.